The first-order chi connectivity index (χ1) is 9.57. The molecule has 0 unspecified atom stereocenters. The number of para-hydroxylation sites is 1. The first-order valence-corrected chi connectivity index (χ1v) is 7.16. The summed E-state index contributed by atoms with van der Waals surface area (Å²) in [6.45, 7) is 4.99. The van der Waals surface area contributed by atoms with Crippen molar-refractivity contribution >= 4 is 10.9 Å². The molecule has 1 N–H and O–H groups in total. The van der Waals surface area contributed by atoms with Crippen molar-refractivity contribution in [2.24, 2.45) is 5.41 Å². The normalized spacial score (nSPS) is 11.7. The minimum atomic E-state index is -0.227. The van der Waals surface area contributed by atoms with E-state index in [0.29, 0.717) is 0 Å². The Balaban J connectivity index is 2.02. The smallest absolute Gasteiger partial charge is 0.0702 e. The van der Waals surface area contributed by atoms with Crippen LogP contribution in [0, 0.1) is 16.7 Å². The number of hydrogen-bond donors (Lipinski definition) is 1. The number of nitriles is 1. The van der Waals surface area contributed by atoms with Gasteiger partial charge in [-0.05, 0) is 32.8 Å². The van der Waals surface area contributed by atoms with Gasteiger partial charge >= 0.3 is 0 Å². The number of aromatic nitrogens is 1. The van der Waals surface area contributed by atoms with Crippen molar-refractivity contribution in [1.82, 2.24) is 4.57 Å². The van der Waals surface area contributed by atoms with Crippen LogP contribution in [-0.4, -0.2) is 9.67 Å². The fourth-order valence-electron chi connectivity index (χ4n) is 2.54. The molecule has 0 fully saturated rings. The van der Waals surface area contributed by atoms with Crippen molar-refractivity contribution in [2.75, 3.05) is 0 Å². The molecule has 3 nitrogen and oxygen atoms in total. The number of rotatable bonds is 6. The molecule has 0 radical (unpaired) electrons. The minimum Gasteiger partial charge on any atom is -0.392 e. The molecule has 106 valence electrons. The quantitative estimate of drug-likeness (QED) is 0.810. The van der Waals surface area contributed by atoms with Crippen molar-refractivity contribution in [3.05, 3.63) is 36.0 Å². The number of unbranched alkanes of at least 4 members (excludes halogenated alkanes) is 1. The minimum absolute atomic E-state index is 0.0784. The summed E-state index contributed by atoms with van der Waals surface area (Å²) in [4.78, 5) is 0. The Bertz CT molecular complexity index is 619. The Labute approximate surface area is 120 Å². The number of benzene rings is 1. The lowest BCUT2D eigenvalue weighted by molar-refractivity contribution is 0.283. The predicted molar refractivity (Wildman–Crippen MR) is 81.1 cm³/mol. The van der Waals surface area contributed by atoms with Crippen molar-refractivity contribution in [1.29, 1.82) is 5.26 Å². The van der Waals surface area contributed by atoms with E-state index in [1.807, 2.05) is 32.2 Å². The van der Waals surface area contributed by atoms with E-state index in [1.165, 1.54) is 5.52 Å². The molecular weight excluding hydrogens is 248 g/mol. The highest BCUT2D eigenvalue weighted by Crippen LogP contribution is 2.24. The summed E-state index contributed by atoms with van der Waals surface area (Å²) < 4.78 is 2.21. The van der Waals surface area contributed by atoms with Crippen molar-refractivity contribution in [2.45, 2.75) is 46.3 Å². The summed E-state index contributed by atoms with van der Waals surface area (Å²) in [5, 5.41) is 19.5. The van der Waals surface area contributed by atoms with Gasteiger partial charge < -0.3 is 9.67 Å². The molecule has 0 aliphatic heterocycles. The number of aliphatic hydroxyl groups excluding tert-OH is 1. The third kappa shape index (κ3) is 3.20. The number of nitrogens with zero attached hydrogens (tertiary/aromatic N) is 2. The van der Waals surface area contributed by atoms with Crippen LogP contribution < -0.4 is 0 Å². The van der Waals surface area contributed by atoms with Gasteiger partial charge in [0.2, 0.25) is 0 Å². The van der Waals surface area contributed by atoms with Gasteiger partial charge in [-0.3, -0.25) is 0 Å². The summed E-state index contributed by atoms with van der Waals surface area (Å²) in [5.41, 5.74) is 1.93. The summed E-state index contributed by atoms with van der Waals surface area (Å²) in [6, 6.07) is 10.5. The van der Waals surface area contributed by atoms with Crippen LogP contribution in [0.1, 0.15) is 38.7 Å². The molecule has 1 aromatic heterocycles. The zero-order valence-electron chi connectivity index (χ0n) is 12.3. The molecule has 0 bridgehead atoms. The van der Waals surface area contributed by atoms with E-state index in [0.717, 1.165) is 36.8 Å². The lowest BCUT2D eigenvalue weighted by atomic mass is 9.89. The van der Waals surface area contributed by atoms with E-state index in [4.69, 9.17) is 5.26 Å². The Hall–Kier alpha value is -1.79. The summed E-state index contributed by atoms with van der Waals surface area (Å²) in [6.07, 6.45) is 5.06. The molecule has 20 heavy (non-hydrogen) atoms. The standard InChI is InChI=1S/C17H22N2O/c1-17(2,13-18)9-5-6-10-19-11-14(12-20)15-7-3-4-8-16(15)19/h3-4,7-8,11,20H,5-6,9-10,12H2,1-2H3. The van der Waals surface area contributed by atoms with Crippen LogP contribution in [-0.2, 0) is 13.2 Å². The van der Waals surface area contributed by atoms with Crippen LogP contribution in [0.2, 0.25) is 0 Å². The molecule has 0 saturated carbocycles. The van der Waals surface area contributed by atoms with Crippen LogP contribution in [0.15, 0.2) is 30.5 Å². The van der Waals surface area contributed by atoms with Crippen molar-refractivity contribution < 1.29 is 5.11 Å². The monoisotopic (exact) mass is 270 g/mol. The van der Waals surface area contributed by atoms with Gasteiger partial charge in [0.25, 0.3) is 0 Å². The Kier molecular flexibility index (Phi) is 4.46. The van der Waals surface area contributed by atoms with Gasteiger partial charge in [0, 0.05) is 29.2 Å². The fraction of sp³-hybridized carbons (Fsp3) is 0.471. The molecule has 1 aromatic carbocycles. The second-order valence-electron chi connectivity index (χ2n) is 5.98. The first kappa shape index (κ1) is 14.6. The molecule has 0 spiro atoms. The molecule has 2 aromatic rings. The van der Waals surface area contributed by atoms with Gasteiger partial charge in [-0.1, -0.05) is 24.6 Å². The van der Waals surface area contributed by atoms with E-state index in [-0.39, 0.29) is 12.0 Å². The number of aliphatic hydroxyl groups is 1. The maximum absolute atomic E-state index is 9.41. The van der Waals surface area contributed by atoms with Crippen LogP contribution in [0.3, 0.4) is 0 Å². The Morgan fingerprint density at radius 3 is 2.70 bits per heavy atom. The molecule has 3 heteroatoms. The van der Waals surface area contributed by atoms with Crippen LogP contribution >= 0.6 is 0 Å². The third-order valence-corrected chi connectivity index (χ3v) is 3.79. The van der Waals surface area contributed by atoms with Gasteiger partial charge in [-0.2, -0.15) is 5.26 Å². The summed E-state index contributed by atoms with van der Waals surface area (Å²) in [5.74, 6) is 0. The maximum Gasteiger partial charge on any atom is 0.0702 e. The van der Waals surface area contributed by atoms with E-state index < -0.39 is 0 Å². The molecule has 0 aliphatic rings. The van der Waals surface area contributed by atoms with E-state index in [2.05, 4.69) is 22.8 Å². The lowest BCUT2D eigenvalue weighted by Crippen LogP contribution is -2.08. The highest BCUT2D eigenvalue weighted by molar-refractivity contribution is 5.83. The van der Waals surface area contributed by atoms with E-state index >= 15 is 0 Å². The highest BCUT2D eigenvalue weighted by atomic mass is 16.3. The van der Waals surface area contributed by atoms with Gasteiger partial charge in [0.15, 0.2) is 0 Å². The summed E-state index contributed by atoms with van der Waals surface area (Å²) in [7, 11) is 0. The van der Waals surface area contributed by atoms with Gasteiger partial charge in [0.1, 0.15) is 0 Å². The van der Waals surface area contributed by atoms with Crippen LogP contribution in [0.4, 0.5) is 0 Å². The van der Waals surface area contributed by atoms with Crippen molar-refractivity contribution in [3.8, 4) is 6.07 Å². The van der Waals surface area contributed by atoms with E-state index in [1.54, 1.807) is 0 Å². The number of hydrogen-bond acceptors (Lipinski definition) is 2. The Morgan fingerprint density at radius 1 is 1.25 bits per heavy atom. The number of fused-ring (bicyclic) bond motifs is 1. The van der Waals surface area contributed by atoms with Gasteiger partial charge in [-0.25, -0.2) is 0 Å². The average molecular weight is 270 g/mol. The SMILES string of the molecule is CC(C)(C#N)CCCCn1cc(CO)c2ccccc21. The largest absolute Gasteiger partial charge is 0.392 e. The Morgan fingerprint density at radius 2 is 2.00 bits per heavy atom. The molecular formula is C17H22N2O. The predicted octanol–water partition coefficient (Wildman–Crippen LogP) is 3.85. The topological polar surface area (TPSA) is 49.0 Å². The highest BCUT2D eigenvalue weighted by Gasteiger charge is 2.15. The maximum atomic E-state index is 9.41. The molecule has 0 atom stereocenters. The number of aryl methyl sites for hydroxylation is 1. The third-order valence-electron chi connectivity index (χ3n) is 3.79. The molecule has 0 saturated heterocycles. The molecule has 1 heterocycles. The first-order valence-electron chi connectivity index (χ1n) is 7.16. The second kappa shape index (κ2) is 6.11. The van der Waals surface area contributed by atoms with Crippen molar-refractivity contribution in [3.63, 3.8) is 0 Å². The molecule has 2 rings (SSSR count). The fourth-order valence-corrected chi connectivity index (χ4v) is 2.54. The van der Waals surface area contributed by atoms with Gasteiger partial charge in [0.05, 0.1) is 18.1 Å². The molecule has 0 amide bonds. The van der Waals surface area contributed by atoms with E-state index in [9.17, 15) is 5.11 Å². The zero-order chi connectivity index (χ0) is 14.6. The zero-order valence-corrected chi connectivity index (χ0v) is 12.3. The average Bonchev–Trinajstić information content (AvgIpc) is 2.82. The van der Waals surface area contributed by atoms with Crippen LogP contribution in [0.25, 0.3) is 10.9 Å². The second-order valence-corrected chi connectivity index (χ2v) is 5.98. The molecule has 0 aliphatic carbocycles. The van der Waals surface area contributed by atoms with Crippen LogP contribution in [0.5, 0.6) is 0 Å². The van der Waals surface area contributed by atoms with Gasteiger partial charge in [-0.15, -0.1) is 0 Å². The summed E-state index contributed by atoms with van der Waals surface area (Å²) >= 11 is 0. The lowest BCUT2D eigenvalue weighted by Gasteiger charge is -2.14.